The Hall–Kier alpha value is -1.50. The van der Waals surface area contributed by atoms with Gasteiger partial charge in [0.15, 0.2) is 0 Å². The lowest BCUT2D eigenvalue weighted by molar-refractivity contribution is 0.524. The van der Waals surface area contributed by atoms with Crippen molar-refractivity contribution in [3.05, 3.63) is 76.3 Å². The van der Waals surface area contributed by atoms with Crippen molar-refractivity contribution >= 4 is 23.4 Å². The molecular formula is C18H19F2NOS2. The average molecular weight is 367 g/mol. The van der Waals surface area contributed by atoms with Gasteiger partial charge in [0.05, 0.1) is 0 Å². The molecule has 2 unspecified atom stereocenters. The van der Waals surface area contributed by atoms with Crippen LogP contribution < -0.4 is 0 Å². The van der Waals surface area contributed by atoms with Gasteiger partial charge in [-0.3, -0.25) is 0 Å². The van der Waals surface area contributed by atoms with Gasteiger partial charge in [0.2, 0.25) is 0 Å². The van der Waals surface area contributed by atoms with Crippen molar-refractivity contribution in [1.29, 1.82) is 0 Å². The molecule has 0 aliphatic heterocycles. The molecule has 1 heterocycles. The summed E-state index contributed by atoms with van der Waals surface area (Å²) >= 11 is 2.04. The number of hydrogen-bond acceptors (Lipinski definition) is 4. The molecule has 0 radical (unpaired) electrons. The average Bonchev–Trinajstić information content (AvgIpc) is 3.11. The predicted molar refractivity (Wildman–Crippen MR) is 97.3 cm³/mol. The quantitative estimate of drug-likeness (QED) is 0.468. The molecule has 2 nitrogen and oxygen atoms in total. The normalized spacial score (nSPS) is 16.3. The second-order valence-electron chi connectivity index (χ2n) is 5.32. The number of aromatic nitrogens is 1. The first-order chi connectivity index (χ1) is 11.5. The third kappa shape index (κ3) is 3.94. The molecule has 6 heteroatoms. The van der Waals surface area contributed by atoms with Gasteiger partial charge in [-0.1, -0.05) is 32.1 Å². The maximum Gasteiger partial charge on any atom is 0.124 e. The summed E-state index contributed by atoms with van der Waals surface area (Å²) in [5.41, 5.74) is 0.711. The minimum Gasteiger partial charge on any atom is -0.329 e. The van der Waals surface area contributed by atoms with E-state index in [1.54, 1.807) is 24.4 Å². The van der Waals surface area contributed by atoms with Crippen LogP contribution in [0.2, 0.25) is 0 Å². The van der Waals surface area contributed by atoms with Gasteiger partial charge in [-0.2, -0.15) is 0 Å². The molecule has 0 aliphatic carbocycles. The SMILES string of the molecule is CC/C=C(F)\C=C/C(C)C(SO)(c1ccc(F)cc1)c1nccs1. The highest BCUT2D eigenvalue weighted by Gasteiger charge is 2.42. The van der Waals surface area contributed by atoms with E-state index in [9.17, 15) is 13.3 Å². The largest absolute Gasteiger partial charge is 0.329 e. The highest BCUT2D eigenvalue weighted by Crippen LogP contribution is 2.48. The number of rotatable bonds is 7. The molecule has 2 aromatic rings. The highest BCUT2D eigenvalue weighted by molar-refractivity contribution is 7.95. The summed E-state index contributed by atoms with van der Waals surface area (Å²) in [6, 6.07) is 5.95. The van der Waals surface area contributed by atoms with Gasteiger partial charge >= 0.3 is 0 Å². The second-order valence-corrected chi connectivity index (χ2v) is 7.04. The lowest BCUT2D eigenvalue weighted by Crippen LogP contribution is -2.30. The maximum absolute atomic E-state index is 13.7. The molecule has 0 fully saturated rings. The predicted octanol–water partition coefficient (Wildman–Crippen LogP) is 6.19. The van der Waals surface area contributed by atoms with Crippen molar-refractivity contribution in [3.8, 4) is 0 Å². The number of halogens is 2. The van der Waals surface area contributed by atoms with E-state index >= 15 is 0 Å². The second kappa shape index (κ2) is 8.55. The van der Waals surface area contributed by atoms with Gasteiger partial charge in [-0.25, -0.2) is 13.8 Å². The summed E-state index contributed by atoms with van der Waals surface area (Å²) in [7, 11) is 0. The first-order valence-corrected chi connectivity index (χ1v) is 9.22. The van der Waals surface area contributed by atoms with Crippen LogP contribution in [0.1, 0.15) is 30.8 Å². The monoisotopic (exact) mass is 367 g/mol. The third-order valence-electron chi connectivity index (χ3n) is 3.75. The van der Waals surface area contributed by atoms with Gasteiger partial charge in [0.1, 0.15) is 21.4 Å². The van der Waals surface area contributed by atoms with Crippen molar-refractivity contribution in [2.45, 2.75) is 25.0 Å². The van der Waals surface area contributed by atoms with Crippen molar-refractivity contribution in [3.63, 3.8) is 0 Å². The van der Waals surface area contributed by atoms with Gasteiger partial charge in [-0.05, 0) is 36.3 Å². The van der Waals surface area contributed by atoms with E-state index in [1.165, 1.54) is 35.6 Å². The lowest BCUT2D eigenvalue weighted by atomic mass is 9.86. The van der Waals surface area contributed by atoms with Crippen molar-refractivity contribution < 1.29 is 13.3 Å². The first-order valence-electron chi connectivity index (χ1n) is 7.57. The molecule has 0 spiro atoms. The molecule has 0 amide bonds. The van der Waals surface area contributed by atoms with E-state index in [1.807, 2.05) is 19.2 Å². The minimum atomic E-state index is -0.926. The van der Waals surface area contributed by atoms with Crippen LogP contribution in [0.15, 0.2) is 59.9 Å². The van der Waals surface area contributed by atoms with E-state index in [2.05, 4.69) is 4.98 Å². The molecule has 1 aromatic heterocycles. The number of allylic oxidation sites excluding steroid dienone is 4. The van der Waals surface area contributed by atoms with Crippen molar-refractivity contribution in [1.82, 2.24) is 4.98 Å². The molecule has 0 saturated heterocycles. The topological polar surface area (TPSA) is 33.1 Å². The number of thiazole rings is 1. The summed E-state index contributed by atoms with van der Waals surface area (Å²) < 4.78 is 36.2. The van der Waals surface area contributed by atoms with Crippen LogP contribution in [-0.2, 0) is 4.75 Å². The number of nitrogens with zero attached hydrogens (tertiary/aromatic N) is 1. The summed E-state index contributed by atoms with van der Waals surface area (Å²) in [5, 5.41) is 2.50. The van der Waals surface area contributed by atoms with E-state index in [-0.39, 0.29) is 17.6 Å². The molecule has 0 aliphatic rings. The first kappa shape index (κ1) is 18.8. The Bertz CT molecular complexity index is 698. The Morgan fingerprint density at radius 3 is 2.67 bits per heavy atom. The highest BCUT2D eigenvalue weighted by atomic mass is 32.2. The smallest absolute Gasteiger partial charge is 0.124 e. The Labute approximate surface area is 149 Å². The molecule has 0 bridgehead atoms. The van der Waals surface area contributed by atoms with Crippen LogP contribution >= 0.6 is 23.4 Å². The Balaban J connectivity index is 2.50. The van der Waals surface area contributed by atoms with E-state index in [0.29, 0.717) is 29.0 Å². The van der Waals surface area contributed by atoms with E-state index in [0.717, 1.165) is 0 Å². The minimum absolute atomic E-state index is 0.278. The van der Waals surface area contributed by atoms with Crippen molar-refractivity contribution in [2.24, 2.45) is 5.92 Å². The van der Waals surface area contributed by atoms with Crippen molar-refractivity contribution in [2.75, 3.05) is 0 Å². The summed E-state index contributed by atoms with van der Waals surface area (Å²) in [6.45, 7) is 3.74. The Kier molecular flexibility index (Phi) is 6.71. The van der Waals surface area contributed by atoms with Crippen LogP contribution in [-0.4, -0.2) is 9.54 Å². The molecule has 2 rings (SSSR count). The van der Waals surface area contributed by atoms with Gasteiger partial charge in [0, 0.05) is 29.5 Å². The Morgan fingerprint density at radius 1 is 1.42 bits per heavy atom. The zero-order chi connectivity index (χ0) is 17.6. The van der Waals surface area contributed by atoms with Crippen LogP contribution in [0, 0.1) is 11.7 Å². The van der Waals surface area contributed by atoms with Gasteiger partial charge in [0.25, 0.3) is 0 Å². The third-order valence-corrected chi connectivity index (χ3v) is 5.88. The Morgan fingerprint density at radius 2 is 2.12 bits per heavy atom. The van der Waals surface area contributed by atoms with Crippen LogP contribution in [0.5, 0.6) is 0 Å². The zero-order valence-corrected chi connectivity index (χ0v) is 15.1. The molecular weight excluding hydrogens is 348 g/mol. The standard InChI is InChI=1S/C18H19F2NOS2/c1-3-4-15(19)8-5-13(2)18(24-22,17-21-11-12-23-17)14-6-9-16(20)10-7-14/h4-13,22H,3H2,1-2H3/b8-5-,15-4+. The van der Waals surface area contributed by atoms with Crippen LogP contribution in [0.4, 0.5) is 8.78 Å². The van der Waals surface area contributed by atoms with E-state index in [4.69, 9.17) is 0 Å². The fraction of sp³-hybridized carbons (Fsp3) is 0.278. The molecule has 128 valence electrons. The van der Waals surface area contributed by atoms with Crippen LogP contribution in [0.3, 0.4) is 0 Å². The summed E-state index contributed by atoms with van der Waals surface area (Å²) in [5.74, 6) is -0.950. The summed E-state index contributed by atoms with van der Waals surface area (Å²) in [6.07, 6.45) is 6.85. The molecule has 2 atom stereocenters. The molecule has 1 N–H and O–H groups in total. The van der Waals surface area contributed by atoms with Crippen LogP contribution in [0.25, 0.3) is 0 Å². The van der Waals surface area contributed by atoms with Gasteiger partial charge in [-0.15, -0.1) is 11.3 Å². The fourth-order valence-electron chi connectivity index (χ4n) is 2.50. The zero-order valence-electron chi connectivity index (χ0n) is 13.4. The van der Waals surface area contributed by atoms with Gasteiger partial charge < -0.3 is 4.55 Å². The summed E-state index contributed by atoms with van der Waals surface area (Å²) in [4.78, 5) is 4.34. The fourth-order valence-corrected chi connectivity index (χ4v) is 4.22. The number of benzene rings is 1. The maximum atomic E-state index is 13.7. The van der Waals surface area contributed by atoms with E-state index < -0.39 is 4.75 Å². The molecule has 1 aromatic carbocycles. The number of hydrogen-bond donors (Lipinski definition) is 1. The molecule has 24 heavy (non-hydrogen) atoms. The molecule has 0 saturated carbocycles. The lowest BCUT2D eigenvalue weighted by Gasteiger charge is -2.33.